The molecule has 0 saturated heterocycles. The minimum absolute atomic E-state index is 0.0277. The number of rotatable bonds is 5. The molecule has 1 aromatic carbocycles. The van der Waals surface area contributed by atoms with E-state index in [1.54, 1.807) is 38.4 Å². The van der Waals surface area contributed by atoms with E-state index in [0.717, 1.165) is 16.8 Å². The van der Waals surface area contributed by atoms with Crippen LogP contribution in [0.25, 0.3) is 5.57 Å². The Hall–Kier alpha value is -3.48. The van der Waals surface area contributed by atoms with Gasteiger partial charge in [-0.15, -0.1) is 0 Å². The molecule has 0 amide bonds. The number of hydrogen-bond acceptors (Lipinski definition) is 6. The third-order valence-electron chi connectivity index (χ3n) is 4.64. The summed E-state index contributed by atoms with van der Waals surface area (Å²) in [6.45, 7) is 5.70. The monoisotopic (exact) mass is 379 g/mol. The Kier molecular flexibility index (Phi) is 5.54. The summed E-state index contributed by atoms with van der Waals surface area (Å²) in [6, 6.07) is 10.1. The van der Waals surface area contributed by atoms with Crippen molar-refractivity contribution in [3.8, 4) is 0 Å². The van der Waals surface area contributed by atoms with Crippen LogP contribution in [0.2, 0.25) is 0 Å². The average molecular weight is 379 g/mol. The predicted molar refractivity (Wildman–Crippen MR) is 105 cm³/mol. The van der Waals surface area contributed by atoms with Gasteiger partial charge in [-0.25, -0.2) is 4.79 Å². The van der Waals surface area contributed by atoms with E-state index in [1.807, 2.05) is 19.1 Å². The Bertz CT molecular complexity index is 980. The van der Waals surface area contributed by atoms with Crippen LogP contribution >= 0.6 is 0 Å². The van der Waals surface area contributed by atoms with E-state index in [1.165, 1.54) is 12.1 Å². The number of non-ortho nitro benzene ring substituents is 1. The molecular weight excluding hydrogens is 358 g/mol. The summed E-state index contributed by atoms with van der Waals surface area (Å²) in [7, 11) is 0. The number of dihydropyridines is 1. The van der Waals surface area contributed by atoms with E-state index in [9.17, 15) is 14.9 Å². The van der Waals surface area contributed by atoms with Crippen LogP contribution in [0, 0.1) is 10.1 Å². The van der Waals surface area contributed by atoms with Crippen molar-refractivity contribution < 1.29 is 14.5 Å². The lowest BCUT2D eigenvalue weighted by molar-refractivity contribution is -0.384. The minimum Gasteiger partial charge on any atom is -0.463 e. The second-order valence-electron chi connectivity index (χ2n) is 6.45. The Labute approximate surface area is 162 Å². The smallest absolute Gasteiger partial charge is 0.336 e. The van der Waals surface area contributed by atoms with Crippen LogP contribution in [0.5, 0.6) is 0 Å². The van der Waals surface area contributed by atoms with Crippen LogP contribution in [0.4, 0.5) is 5.69 Å². The highest BCUT2D eigenvalue weighted by Gasteiger charge is 2.35. The van der Waals surface area contributed by atoms with Crippen molar-refractivity contribution >= 4 is 17.2 Å². The van der Waals surface area contributed by atoms with Crippen molar-refractivity contribution in [2.75, 3.05) is 6.61 Å². The molecule has 3 rings (SSSR count). The predicted octanol–water partition coefficient (Wildman–Crippen LogP) is 3.94. The lowest BCUT2D eigenvalue weighted by Crippen LogP contribution is -2.28. The topological polar surface area (TPSA) is 94.4 Å². The van der Waals surface area contributed by atoms with Gasteiger partial charge in [0.05, 0.1) is 17.1 Å². The van der Waals surface area contributed by atoms with Crippen molar-refractivity contribution in [2.45, 2.75) is 26.7 Å². The van der Waals surface area contributed by atoms with Gasteiger partial charge in [0, 0.05) is 41.8 Å². The fourth-order valence-corrected chi connectivity index (χ4v) is 3.53. The molecule has 0 fully saturated rings. The molecule has 7 heteroatoms. The number of nitro benzene ring substituents is 1. The SMILES string of the molecule is CCOC(=O)C1=C(C)NC(C)=C(c2cccnc2)C1c1cccc([N+](=O)[O-])c1. The molecule has 1 aromatic heterocycles. The third kappa shape index (κ3) is 3.64. The van der Waals surface area contributed by atoms with E-state index in [4.69, 9.17) is 4.74 Å². The highest BCUT2D eigenvalue weighted by atomic mass is 16.6. The van der Waals surface area contributed by atoms with Gasteiger partial charge in [0.2, 0.25) is 0 Å². The van der Waals surface area contributed by atoms with E-state index in [0.29, 0.717) is 16.8 Å². The summed E-state index contributed by atoms with van der Waals surface area (Å²) in [5.74, 6) is -0.956. The van der Waals surface area contributed by atoms with Crippen molar-refractivity contribution in [1.29, 1.82) is 0 Å². The largest absolute Gasteiger partial charge is 0.463 e. The number of nitrogens with one attached hydrogen (secondary N) is 1. The highest BCUT2D eigenvalue weighted by molar-refractivity contribution is 5.97. The first-order valence-corrected chi connectivity index (χ1v) is 8.94. The van der Waals surface area contributed by atoms with Gasteiger partial charge in [-0.2, -0.15) is 0 Å². The lowest BCUT2D eigenvalue weighted by atomic mass is 9.78. The van der Waals surface area contributed by atoms with E-state index >= 15 is 0 Å². The molecule has 0 saturated carbocycles. The number of aromatic nitrogens is 1. The molecule has 0 spiro atoms. The Morgan fingerprint density at radius 1 is 1.25 bits per heavy atom. The molecule has 0 bridgehead atoms. The van der Waals surface area contributed by atoms with Crippen molar-refractivity contribution in [3.63, 3.8) is 0 Å². The second kappa shape index (κ2) is 8.04. The number of nitro groups is 1. The van der Waals surface area contributed by atoms with Crippen LogP contribution in [0.15, 0.2) is 65.8 Å². The van der Waals surface area contributed by atoms with Gasteiger partial charge in [-0.05, 0) is 43.5 Å². The average Bonchev–Trinajstić information content (AvgIpc) is 2.68. The zero-order chi connectivity index (χ0) is 20.3. The summed E-state index contributed by atoms with van der Waals surface area (Å²) in [6.07, 6.45) is 3.39. The highest BCUT2D eigenvalue weighted by Crippen LogP contribution is 2.44. The molecule has 1 aliphatic rings. The second-order valence-corrected chi connectivity index (χ2v) is 6.45. The Morgan fingerprint density at radius 2 is 2.04 bits per heavy atom. The number of nitrogens with zero attached hydrogens (tertiary/aromatic N) is 2. The molecular formula is C21H21N3O4. The standard InChI is InChI=1S/C21H21N3O4/c1-4-28-21(25)19-14(3)23-13(2)18(16-8-6-10-22-12-16)20(19)15-7-5-9-17(11-15)24(26)27/h5-12,20,23H,4H2,1-3H3. The fourth-order valence-electron chi connectivity index (χ4n) is 3.53. The Morgan fingerprint density at radius 3 is 2.68 bits per heavy atom. The van der Waals surface area contributed by atoms with E-state index < -0.39 is 16.8 Å². The molecule has 2 aromatic rings. The maximum absolute atomic E-state index is 12.8. The first-order valence-electron chi connectivity index (χ1n) is 8.94. The van der Waals surface area contributed by atoms with Gasteiger partial charge < -0.3 is 10.1 Å². The number of carbonyl (C=O) groups is 1. The Balaban J connectivity index is 2.24. The fraction of sp³-hybridized carbons (Fsp3) is 0.238. The van der Waals surface area contributed by atoms with Gasteiger partial charge in [0.15, 0.2) is 0 Å². The normalized spacial score (nSPS) is 16.6. The molecule has 0 radical (unpaired) electrons. The summed E-state index contributed by atoms with van der Waals surface area (Å²) in [5, 5.41) is 14.6. The minimum atomic E-state index is -0.510. The molecule has 2 heterocycles. The number of esters is 1. The maximum atomic E-state index is 12.8. The van der Waals surface area contributed by atoms with Crippen LogP contribution in [-0.4, -0.2) is 22.5 Å². The maximum Gasteiger partial charge on any atom is 0.336 e. The molecule has 0 aliphatic carbocycles. The van der Waals surface area contributed by atoms with Crippen molar-refractivity contribution in [1.82, 2.24) is 10.3 Å². The van der Waals surface area contributed by atoms with Gasteiger partial charge in [0.1, 0.15) is 0 Å². The lowest BCUT2D eigenvalue weighted by Gasteiger charge is -2.31. The van der Waals surface area contributed by atoms with Gasteiger partial charge >= 0.3 is 5.97 Å². The molecule has 1 aliphatic heterocycles. The van der Waals surface area contributed by atoms with E-state index in [2.05, 4.69) is 10.3 Å². The van der Waals surface area contributed by atoms with Crippen LogP contribution in [-0.2, 0) is 9.53 Å². The summed E-state index contributed by atoms with van der Waals surface area (Å²) >= 11 is 0. The van der Waals surface area contributed by atoms with E-state index in [-0.39, 0.29) is 12.3 Å². The van der Waals surface area contributed by atoms with Crippen LogP contribution in [0.1, 0.15) is 37.8 Å². The zero-order valence-electron chi connectivity index (χ0n) is 15.9. The molecule has 28 heavy (non-hydrogen) atoms. The summed E-state index contributed by atoms with van der Waals surface area (Å²) in [5.41, 5.74) is 4.25. The summed E-state index contributed by atoms with van der Waals surface area (Å²) in [4.78, 5) is 27.9. The number of allylic oxidation sites excluding steroid dienone is 3. The molecule has 1 unspecified atom stereocenters. The number of hydrogen-bond donors (Lipinski definition) is 1. The number of ether oxygens (including phenoxy) is 1. The first-order chi connectivity index (χ1) is 13.4. The van der Waals surface area contributed by atoms with Crippen molar-refractivity contribution in [2.24, 2.45) is 0 Å². The summed E-state index contributed by atoms with van der Waals surface area (Å²) < 4.78 is 5.29. The van der Waals surface area contributed by atoms with Gasteiger partial charge in [0.25, 0.3) is 5.69 Å². The number of carbonyl (C=O) groups excluding carboxylic acids is 1. The molecule has 1 N–H and O–H groups in total. The van der Waals surface area contributed by atoms with Crippen molar-refractivity contribution in [3.05, 3.63) is 87.0 Å². The van der Waals surface area contributed by atoms with Gasteiger partial charge in [-0.1, -0.05) is 18.2 Å². The number of benzene rings is 1. The quantitative estimate of drug-likeness (QED) is 0.480. The molecule has 7 nitrogen and oxygen atoms in total. The van der Waals surface area contributed by atoms with Crippen LogP contribution in [0.3, 0.4) is 0 Å². The molecule has 144 valence electrons. The third-order valence-corrected chi connectivity index (χ3v) is 4.64. The van der Waals surface area contributed by atoms with Crippen LogP contribution < -0.4 is 5.32 Å². The first kappa shape index (κ1) is 19.3. The van der Waals surface area contributed by atoms with Gasteiger partial charge in [-0.3, -0.25) is 15.1 Å². The number of pyridine rings is 1. The zero-order valence-corrected chi connectivity index (χ0v) is 15.9. The molecule has 1 atom stereocenters.